The van der Waals surface area contributed by atoms with Gasteiger partial charge in [0, 0.05) is 11.6 Å². The quantitative estimate of drug-likeness (QED) is 0.212. The first-order chi connectivity index (χ1) is 10.5. The smallest absolute Gasteiger partial charge is 0.322 e. The Morgan fingerprint density at radius 1 is 1.45 bits per heavy atom. The van der Waals surface area contributed by atoms with Gasteiger partial charge in [-0.1, -0.05) is 48.8 Å². The third-order valence-electron chi connectivity index (χ3n) is 2.69. The standard InChI is InChI=1S/C14H21ClN4O3/c1-11(2)7-8-21-18-14(16)19(22-10-20)17-9-12-5-3-4-6-13(12)15/h3-6,10-11,17H,7-9H2,1-2H3,(H2,16,18). The van der Waals surface area contributed by atoms with Crippen LogP contribution in [0.1, 0.15) is 25.8 Å². The highest BCUT2D eigenvalue weighted by atomic mass is 35.5. The Labute approximate surface area is 134 Å². The van der Waals surface area contributed by atoms with E-state index in [1.807, 2.05) is 18.2 Å². The summed E-state index contributed by atoms with van der Waals surface area (Å²) in [5.41, 5.74) is 5.96. The second-order valence-electron chi connectivity index (χ2n) is 4.90. The SMILES string of the molecule is CC(C)CCONC(=N)N(NCc1ccccc1Cl)OC=O. The summed E-state index contributed by atoms with van der Waals surface area (Å²) in [5, 5.41) is 9.21. The molecule has 0 radical (unpaired) electrons. The summed E-state index contributed by atoms with van der Waals surface area (Å²) in [4.78, 5) is 20.3. The van der Waals surface area contributed by atoms with E-state index >= 15 is 0 Å². The van der Waals surface area contributed by atoms with E-state index in [-0.39, 0.29) is 19.0 Å². The molecule has 0 saturated heterocycles. The maximum absolute atomic E-state index is 10.5. The maximum atomic E-state index is 10.5. The van der Waals surface area contributed by atoms with Crippen LogP contribution in [0, 0.1) is 11.3 Å². The van der Waals surface area contributed by atoms with Crippen LogP contribution in [0.5, 0.6) is 0 Å². The van der Waals surface area contributed by atoms with Gasteiger partial charge in [-0.05, 0) is 24.0 Å². The lowest BCUT2D eigenvalue weighted by molar-refractivity contribution is -0.169. The van der Waals surface area contributed by atoms with Crippen LogP contribution in [-0.2, 0) is 21.0 Å². The lowest BCUT2D eigenvalue weighted by Gasteiger charge is -2.22. The average Bonchev–Trinajstić information content (AvgIpc) is 2.49. The van der Waals surface area contributed by atoms with Gasteiger partial charge in [-0.3, -0.25) is 15.0 Å². The molecule has 0 unspecified atom stereocenters. The van der Waals surface area contributed by atoms with E-state index in [9.17, 15) is 4.79 Å². The molecule has 0 aliphatic rings. The molecule has 0 saturated carbocycles. The number of carbonyl (C=O) groups is 1. The van der Waals surface area contributed by atoms with Gasteiger partial charge < -0.3 is 4.84 Å². The van der Waals surface area contributed by atoms with Crippen LogP contribution >= 0.6 is 11.6 Å². The molecule has 0 aliphatic carbocycles. The van der Waals surface area contributed by atoms with Crippen molar-refractivity contribution in [2.24, 2.45) is 5.92 Å². The van der Waals surface area contributed by atoms with Crippen LogP contribution in [0.3, 0.4) is 0 Å². The maximum Gasteiger partial charge on any atom is 0.322 e. The van der Waals surface area contributed by atoms with E-state index < -0.39 is 0 Å². The van der Waals surface area contributed by atoms with Gasteiger partial charge >= 0.3 is 6.47 Å². The van der Waals surface area contributed by atoms with Crippen LogP contribution in [0.4, 0.5) is 0 Å². The van der Waals surface area contributed by atoms with Crippen molar-refractivity contribution in [2.45, 2.75) is 26.8 Å². The fourth-order valence-electron chi connectivity index (χ4n) is 1.47. The van der Waals surface area contributed by atoms with Crippen LogP contribution in [0.15, 0.2) is 24.3 Å². The van der Waals surface area contributed by atoms with E-state index in [1.165, 1.54) is 0 Å². The Morgan fingerprint density at radius 3 is 2.82 bits per heavy atom. The number of nitrogens with zero attached hydrogens (tertiary/aromatic N) is 1. The Hall–Kier alpha value is -1.83. The number of hydrazine groups is 1. The third-order valence-corrected chi connectivity index (χ3v) is 3.06. The molecule has 0 bridgehead atoms. The summed E-state index contributed by atoms with van der Waals surface area (Å²) in [5.74, 6) is 0.250. The molecule has 0 atom stereocenters. The van der Waals surface area contributed by atoms with Gasteiger partial charge in [-0.25, -0.2) is 5.48 Å². The van der Waals surface area contributed by atoms with Gasteiger partial charge in [0.15, 0.2) is 0 Å². The number of hydrogen-bond acceptors (Lipinski definition) is 5. The molecule has 0 spiro atoms. The minimum Gasteiger partial charge on any atom is -0.326 e. The minimum atomic E-state index is -0.247. The van der Waals surface area contributed by atoms with Gasteiger partial charge in [0.25, 0.3) is 5.96 Å². The fraction of sp³-hybridized carbons (Fsp3) is 0.429. The van der Waals surface area contributed by atoms with E-state index in [1.54, 1.807) is 6.07 Å². The average molecular weight is 329 g/mol. The van der Waals surface area contributed by atoms with E-state index in [0.29, 0.717) is 17.5 Å². The molecule has 1 aromatic rings. The Morgan fingerprint density at radius 2 is 2.18 bits per heavy atom. The topological polar surface area (TPSA) is 86.7 Å². The zero-order valence-electron chi connectivity index (χ0n) is 12.6. The predicted molar refractivity (Wildman–Crippen MR) is 83.5 cm³/mol. The van der Waals surface area contributed by atoms with Crippen molar-refractivity contribution in [3.8, 4) is 0 Å². The summed E-state index contributed by atoms with van der Waals surface area (Å²) in [6.45, 7) is 5.08. The highest BCUT2D eigenvalue weighted by molar-refractivity contribution is 6.31. The summed E-state index contributed by atoms with van der Waals surface area (Å²) in [6, 6.07) is 7.23. The molecule has 1 aromatic carbocycles. The normalized spacial score (nSPS) is 10.4. The molecule has 22 heavy (non-hydrogen) atoms. The summed E-state index contributed by atoms with van der Waals surface area (Å²) < 4.78 is 0. The van der Waals surface area contributed by atoms with Crippen molar-refractivity contribution in [3.05, 3.63) is 34.9 Å². The minimum absolute atomic E-state index is 0.212. The Balaban J connectivity index is 2.45. The van der Waals surface area contributed by atoms with Gasteiger partial charge in [0.1, 0.15) is 0 Å². The van der Waals surface area contributed by atoms with Gasteiger partial charge in [0.2, 0.25) is 0 Å². The number of hydrogen-bond donors (Lipinski definition) is 3. The lowest BCUT2D eigenvalue weighted by atomic mass is 10.1. The van der Waals surface area contributed by atoms with Crippen LogP contribution < -0.4 is 10.9 Å². The second kappa shape index (κ2) is 9.99. The molecule has 0 fully saturated rings. The fourth-order valence-corrected chi connectivity index (χ4v) is 1.67. The summed E-state index contributed by atoms with van der Waals surface area (Å²) >= 11 is 6.03. The van der Waals surface area contributed by atoms with E-state index in [2.05, 4.69) is 29.6 Å². The molecular weight excluding hydrogens is 308 g/mol. The number of rotatable bonds is 9. The molecule has 0 amide bonds. The zero-order chi connectivity index (χ0) is 16.4. The first-order valence-corrected chi connectivity index (χ1v) is 7.26. The highest BCUT2D eigenvalue weighted by Gasteiger charge is 2.12. The van der Waals surface area contributed by atoms with Crippen molar-refractivity contribution in [2.75, 3.05) is 6.61 Å². The molecule has 1 rings (SSSR count). The monoisotopic (exact) mass is 328 g/mol. The molecular formula is C14H21ClN4O3. The van der Waals surface area contributed by atoms with Crippen molar-refractivity contribution in [3.63, 3.8) is 0 Å². The summed E-state index contributed by atoms with van der Waals surface area (Å²) in [7, 11) is 0. The van der Waals surface area contributed by atoms with Crippen LogP contribution in [-0.4, -0.2) is 24.2 Å². The number of hydroxylamine groups is 2. The molecule has 0 aromatic heterocycles. The van der Waals surface area contributed by atoms with E-state index in [4.69, 9.17) is 21.8 Å². The van der Waals surface area contributed by atoms with Crippen LogP contribution in [0.25, 0.3) is 0 Å². The molecule has 122 valence electrons. The molecule has 3 N–H and O–H groups in total. The molecule has 0 heterocycles. The van der Waals surface area contributed by atoms with Crippen molar-refractivity contribution in [1.82, 2.24) is 16.1 Å². The first-order valence-electron chi connectivity index (χ1n) is 6.88. The Bertz CT molecular complexity index is 485. The molecule has 8 heteroatoms. The number of benzene rings is 1. The number of carbonyl (C=O) groups excluding carboxylic acids is 1. The van der Waals surface area contributed by atoms with Gasteiger partial charge in [-0.2, -0.15) is 5.43 Å². The molecule has 7 nitrogen and oxygen atoms in total. The Kier molecular flexibility index (Phi) is 8.27. The lowest BCUT2D eigenvalue weighted by Crippen LogP contribution is -2.48. The number of nitrogens with one attached hydrogen (secondary N) is 3. The highest BCUT2D eigenvalue weighted by Crippen LogP contribution is 2.14. The van der Waals surface area contributed by atoms with Crippen molar-refractivity contribution >= 4 is 24.0 Å². The van der Waals surface area contributed by atoms with Crippen molar-refractivity contribution < 1.29 is 14.5 Å². The zero-order valence-corrected chi connectivity index (χ0v) is 13.4. The third kappa shape index (κ3) is 6.75. The first kappa shape index (κ1) is 18.2. The van der Waals surface area contributed by atoms with E-state index in [0.717, 1.165) is 17.2 Å². The van der Waals surface area contributed by atoms with Gasteiger partial charge in [-0.15, -0.1) is 0 Å². The summed E-state index contributed by atoms with van der Waals surface area (Å²) in [6.07, 6.45) is 0.849. The predicted octanol–water partition coefficient (Wildman–Crippen LogP) is 2.24. The molecule has 0 aliphatic heterocycles. The van der Waals surface area contributed by atoms with Crippen molar-refractivity contribution in [1.29, 1.82) is 5.41 Å². The number of halogens is 1. The largest absolute Gasteiger partial charge is 0.326 e. The van der Waals surface area contributed by atoms with Gasteiger partial charge in [0.05, 0.1) is 6.61 Å². The van der Waals surface area contributed by atoms with Crippen LogP contribution in [0.2, 0.25) is 5.02 Å². The number of guanidine groups is 1. The second-order valence-corrected chi connectivity index (χ2v) is 5.31.